The van der Waals surface area contributed by atoms with Crippen LogP contribution in [0, 0.1) is 5.41 Å². The van der Waals surface area contributed by atoms with Gasteiger partial charge in [0.1, 0.15) is 5.60 Å². The van der Waals surface area contributed by atoms with Crippen LogP contribution in [0.4, 0.5) is 0 Å². The van der Waals surface area contributed by atoms with Crippen LogP contribution in [0.15, 0.2) is 0 Å². The highest BCUT2D eigenvalue weighted by Gasteiger charge is 2.54. The number of methoxy groups -OCH3 is 1. The highest BCUT2D eigenvalue weighted by atomic mass is 16.5. The van der Waals surface area contributed by atoms with Crippen LogP contribution in [0.3, 0.4) is 0 Å². The molecule has 5 heteroatoms. The van der Waals surface area contributed by atoms with Gasteiger partial charge in [0.2, 0.25) is 0 Å². The third-order valence-electron chi connectivity index (χ3n) is 5.47. The molecule has 5 nitrogen and oxygen atoms in total. The van der Waals surface area contributed by atoms with E-state index in [4.69, 9.17) is 9.47 Å². The van der Waals surface area contributed by atoms with E-state index < -0.39 is 5.60 Å². The third-order valence-corrected chi connectivity index (χ3v) is 5.47. The molecule has 2 rings (SSSR count). The van der Waals surface area contributed by atoms with Gasteiger partial charge in [-0.2, -0.15) is 0 Å². The molecule has 0 bridgehead atoms. The Morgan fingerprint density at radius 3 is 2.43 bits per heavy atom. The quantitative estimate of drug-likeness (QED) is 0.834. The molecule has 0 aromatic rings. The molecule has 21 heavy (non-hydrogen) atoms. The number of hydrogen-bond donors (Lipinski definition) is 1. The number of rotatable bonds is 5. The van der Waals surface area contributed by atoms with Crippen molar-refractivity contribution in [2.24, 2.45) is 5.41 Å². The Hall–Kier alpha value is -0.650. The van der Waals surface area contributed by atoms with Gasteiger partial charge in [0, 0.05) is 32.2 Å². The highest BCUT2D eigenvalue weighted by Crippen LogP contribution is 2.46. The van der Waals surface area contributed by atoms with Gasteiger partial charge >= 0.3 is 0 Å². The largest absolute Gasteiger partial charge is 0.378 e. The summed E-state index contributed by atoms with van der Waals surface area (Å²) in [5.74, 6) is 0.125. The summed E-state index contributed by atoms with van der Waals surface area (Å²) in [5.41, 5.74) is -0.644. The molecular formula is C16H30N2O3. The number of hydrogen-bond acceptors (Lipinski definition) is 4. The summed E-state index contributed by atoms with van der Waals surface area (Å²) in [7, 11) is 3.58. The molecule has 0 aromatic carbocycles. The van der Waals surface area contributed by atoms with Gasteiger partial charge < -0.3 is 19.7 Å². The van der Waals surface area contributed by atoms with Gasteiger partial charge in [0.25, 0.3) is 5.91 Å². The number of carbonyl (C=O) groups is 1. The number of ether oxygens (including phenoxy) is 2. The molecule has 2 aliphatic rings. The lowest BCUT2D eigenvalue weighted by Gasteiger charge is -2.56. The van der Waals surface area contributed by atoms with Crippen molar-refractivity contribution >= 4 is 5.91 Å². The molecule has 1 saturated heterocycles. The van der Waals surface area contributed by atoms with Gasteiger partial charge in [0.05, 0.1) is 6.10 Å². The van der Waals surface area contributed by atoms with Gasteiger partial charge in [-0.25, -0.2) is 0 Å². The molecule has 0 spiro atoms. The van der Waals surface area contributed by atoms with Crippen LogP contribution in [0.2, 0.25) is 0 Å². The predicted octanol–water partition coefficient (Wildman–Crippen LogP) is 1.42. The standard InChI is InChI=1S/C16H30N2O3/c1-6-21-13-11-12(15(13,2)3)18(4)14(19)16(20-5)7-9-17-10-8-16/h12-13,17H,6-11H2,1-5H3. The summed E-state index contributed by atoms with van der Waals surface area (Å²) in [6, 6.07) is 0.225. The molecule has 1 aliphatic carbocycles. The lowest BCUT2D eigenvalue weighted by atomic mass is 9.63. The Morgan fingerprint density at radius 1 is 1.33 bits per heavy atom. The van der Waals surface area contributed by atoms with Crippen LogP contribution in [-0.2, 0) is 14.3 Å². The van der Waals surface area contributed by atoms with Crippen molar-refractivity contribution in [1.82, 2.24) is 10.2 Å². The molecule has 0 radical (unpaired) electrons. The Morgan fingerprint density at radius 2 is 1.95 bits per heavy atom. The monoisotopic (exact) mass is 298 g/mol. The number of likely N-dealkylation sites (N-methyl/N-ethyl adjacent to an activating group) is 1. The first-order chi connectivity index (χ1) is 9.89. The van der Waals surface area contributed by atoms with Crippen LogP contribution in [0.25, 0.3) is 0 Å². The lowest BCUT2D eigenvalue weighted by Crippen LogP contribution is -2.66. The van der Waals surface area contributed by atoms with Crippen LogP contribution in [-0.4, -0.2) is 62.4 Å². The van der Waals surface area contributed by atoms with E-state index in [-0.39, 0.29) is 23.5 Å². The average Bonchev–Trinajstić information content (AvgIpc) is 2.50. The molecule has 0 aromatic heterocycles. The number of nitrogens with one attached hydrogen (secondary N) is 1. The van der Waals surface area contributed by atoms with Crippen LogP contribution >= 0.6 is 0 Å². The number of carbonyl (C=O) groups excluding carboxylic acids is 1. The summed E-state index contributed by atoms with van der Waals surface area (Å²) < 4.78 is 11.4. The number of piperidine rings is 1. The average molecular weight is 298 g/mol. The highest BCUT2D eigenvalue weighted by molar-refractivity contribution is 5.85. The molecule has 1 heterocycles. The fraction of sp³-hybridized carbons (Fsp3) is 0.938. The summed E-state index contributed by atoms with van der Waals surface area (Å²) in [5, 5.41) is 3.29. The van der Waals surface area contributed by atoms with E-state index in [1.807, 2.05) is 18.9 Å². The fourth-order valence-electron chi connectivity index (χ4n) is 3.80. The molecular weight excluding hydrogens is 268 g/mol. The van der Waals surface area contributed by atoms with Gasteiger partial charge in [-0.1, -0.05) is 13.8 Å². The molecule has 1 N–H and O–H groups in total. The zero-order chi connectivity index (χ0) is 15.7. The van der Waals surface area contributed by atoms with Crippen LogP contribution in [0.1, 0.15) is 40.0 Å². The molecule has 1 amide bonds. The van der Waals surface area contributed by atoms with Gasteiger partial charge in [0.15, 0.2) is 0 Å². The maximum Gasteiger partial charge on any atom is 0.254 e. The zero-order valence-corrected chi connectivity index (χ0v) is 14.1. The van der Waals surface area contributed by atoms with Crippen molar-refractivity contribution in [2.75, 3.05) is 33.9 Å². The van der Waals surface area contributed by atoms with Gasteiger partial charge in [-0.15, -0.1) is 0 Å². The Bertz CT molecular complexity index is 378. The molecule has 122 valence electrons. The Kier molecular flexibility index (Phi) is 4.96. The first-order valence-corrected chi connectivity index (χ1v) is 8.04. The Balaban J connectivity index is 2.06. The van der Waals surface area contributed by atoms with E-state index in [2.05, 4.69) is 19.2 Å². The van der Waals surface area contributed by atoms with Crippen molar-refractivity contribution < 1.29 is 14.3 Å². The summed E-state index contributed by atoms with van der Waals surface area (Å²) in [4.78, 5) is 14.9. The van der Waals surface area contributed by atoms with Gasteiger partial charge in [-0.05, 0) is 39.3 Å². The maximum atomic E-state index is 13.0. The van der Waals surface area contributed by atoms with Crippen molar-refractivity contribution in [3.63, 3.8) is 0 Å². The lowest BCUT2D eigenvalue weighted by molar-refractivity contribution is -0.181. The van der Waals surface area contributed by atoms with E-state index in [0.717, 1.165) is 39.0 Å². The minimum Gasteiger partial charge on any atom is -0.378 e. The second-order valence-corrected chi connectivity index (χ2v) is 6.88. The van der Waals surface area contributed by atoms with E-state index in [9.17, 15) is 4.79 Å². The second kappa shape index (κ2) is 6.23. The van der Waals surface area contributed by atoms with Crippen molar-refractivity contribution in [1.29, 1.82) is 0 Å². The van der Waals surface area contributed by atoms with Gasteiger partial charge in [-0.3, -0.25) is 4.79 Å². The smallest absolute Gasteiger partial charge is 0.254 e. The topological polar surface area (TPSA) is 50.8 Å². The van der Waals surface area contributed by atoms with Crippen molar-refractivity contribution in [3.8, 4) is 0 Å². The normalized spacial score (nSPS) is 30.5. The fourth-order valence-corrected chi connectivity index (χ4v) is 3.80. The number of nitrogens with zero attached hydrogens (tertiary/aromatic N) is 1. The second-order valence-electron chi connectivity index (χ2n) is 6.88. The van der Waals surface area contributed by atoms with E-state index in [1.54, 1.807) is 7.11 Å². The summed E-state index contributed by atoms with van der Waals surface area (Å²) in [6.07, 6.45) is 2.65. The number of amides is 1. The van der Waals surface area contributed by atoms with Crippen molar-refractivity contribution in [2.45, 2.75) is 57.8 Å². The predicted molar refractivity (Wildman–Crippen MR) is 82.2 cm³/mol. The maximum absolute atomic E-state index is 13.0. The summed E-state index contributed by atoms with van der Waals surface area (Å²) in [6.45, 7) is 8.80. The molecule has 2 fully saturated rings. The first-order valence-electron chi connectivity index (χ1n) is 8.04. The molecule has 2 atom stereocenters. The van der Waals surface area contributed by atoms with E-state index in [0.29, 0.717) is 0 Å². The van der Waals surface area contributed by atoms with E-state index in [1.165, 1.54) is 0 Å². The van der Waals surface area contributed by atoms with Crippen LogP contribution in [0.5, 0.6) is 0 Å². The van der Waals surface area contributed by atoms with E-state index >= 15 is 0 Å². The molecule has 1 aliphatic heterocycles. The minimum atomic E-state index is -0.646. The summed E-state index contributed by atoms with van der Waals surface area (Å²) >= 11 is 0. The van der Waals surface area contributed by atoms with Crippen LogP contribution < -0.4 is 5.32 Å². The minimum absolute atomic E-state index is 0.00225. The van der Waals surface area contributed by atoms with Crippen molar-refractivity contribution in [3.05, 3.63) is 0 Å². The molecule has 1 saturated carbocycles. The third kappa shape index (κ3) is 2.83. The Labute approximate surface area is 128 Å². The molecule has 2 unspecified atom stereocenters. The zero-order valence-electron chi connectivity index (χ0n) is 14.1. The first kappa shape index (κ1) is 16.7. The SMILES string of the molecule is CCOC1CC(N(C)C(=O)C2(OC)CCNCC2)C1(C)C.